The third-order valence-electron chi connectivity index (χ3n) is 4.02. The molecule has 1 saturated heterocycles. The molecule has 5 heteroatoms. The maximum Gasteiger partial charge on any atom is 0.240 e. The van der Waals surface area contributed by atoms with Crippen LogP contribution >= 0.6 is 0 Å². The number of piperazine rings is 1. The van der Waals surface area contributed by atoms with Crippen LogP contribution in [-0.2, 0) is 11.3 Å². The van der Waals surface area contributed by atoms with Gasteiger partial charge in [-0.2, -0.15) is 0 Å². The summed E-state index contributed by atoms with van der Waals surface area (Å²) in [6.45, 7) is 6.98. The highest BCUT2D eigenvalue weighted by Gasteiger charge is 2.29. The summed E-state index contributed by atoms with van der Waals surface area (Å²) in [5, 5.41) is 13.2. The van der Waals surface area contributed by atoms with Gasteiger partial charge in [-0.05, 0) is 30.5 Å². The van der Waals surface area contributed by atoms with E-state index in [1.807, 2.05) is 26.0 Å². The van der Waals surface area contributed by atoms with Gasteiger partial charge in [0.05, 0.1) is 0 Å². The lowest BCUT2D eigenvalue weighted by atomic mass is 10.0. The number of carbonyl (C=O) groups is 1. The Labute approximate surface area is 126 Å². The fourth-order valence-corrected chi connectivity index (χ4v) is 2.85. The number of hydrogen-bond donors (Lipinski definition) is 2. The number of rotatable bonds is 3. The van der Waals surface area contributed by atoms with Crippen molar-refractivity contribution in [1.29, 1.82) is 0 Å². The Morgan fingerprint density at radius 2 is 2.00 bits per heavy atom. The van der Waals surface area contributed by atoms with Crippen LogP contribution in [0.5, 0.6) is 5.75 Å². The number of hydrogen-bond acceptors (Lipinski definition) is 4. The number of aryl methyl sites for hydroxylation is 2. The second-order valence-electron chi connectivity index (χ2n) is 6.00. The van der Waals surface area contributed by atoms with Crippen LogP contribution in [0.25, 0.3) is 0 Å². The topological polar surface area (TPSA) is 55.8 Å². The Morgan fingerprint density at radius 3 is 2.57 bits per heavy atom. The van der Waals surface area contributed by atoms with Crippen LogP contribution in [0.3, 0.4) is 0 Å². The Morgan fingerprint density at radius 1 is 1.38 bits per heavy atom. The van der Waals surface area contributed by atoms with Gasteiger partial charge in [-0.3, -0.25) is 9.69 Å². The minimum absolute atomic E-state index is 0.122. The Bertz CT molecular complexity index is 505. The van der Waals surface area contributed by atoms with Gasteiger partial charge >= 0.3 is 0 Å². The number of nitrogens with zero attached hydrogens (tertiary/aromatic N) is 2. The molecule has 1 aliphatic rings. The van der Waals surface area contributed by atoms with Gasteiger partial charge in [-0.1, -0.05) is 12.1 Å². The number of carbonyl (C=O) groups excluding carboxylic acids is 1. The molecule has 0 saturated carbocycles. The Kier molecular flexibility index (Phi) is 4.85. The van der Waals surface area contributed by atoms with Gasteiger partial charge < -0.3 is 15.3 Å². The molecule has 1 aromatic carbocycles. The third-order valence-corrected chi connectivity index (χ3v) is 4.02. The van der Waals surface area contributed by atoms with Crippen molar-refractivity contribution in [2.75, 3.05) is 33.7 Å². The van der Waals surface area contributed by atoms with Gasteiger partial charge in [0.1, 0.15) is 11.8 Å². The van der Waals surface area contributed by atoms with E-state index in [4.69, 9.17) is 0 Å². The lowest BCUT2D eigenvalue weighted by Gasteiger charge is -2.36. The number of amides is 1. The predicted molar refractivity (Wildman–Crippen MR) is 83.3 cm³/mol. The highest BCUT2D eigenvalue weighted by Crippen LogP contribution is 2.24. The third kappa shape index (κ3) is 3.54. The number of aromatic hydroxyl groups is 1. The minimum Gasteiger partial charge on any atom is -0.507 e. The molecule has 1 unspecified atom stereocenters. The van der Waals surface area contributed by atoms with Crippen molar-refractivity contribution < 1.29 is 9.90 Å². The van der Waals surface area contributed by atoms with Crippen LogP contribution in [0, 0.1) is 13.8 Å². The van der Waals surface area contributed by atoms with Crippen molar-refractivity contribution in [2.24, 2.45) is 0 Å². The first-order valence-electron chi connectivity index (χ1n) is 7.35. The number of benzene rings is 1. The zero-order chi connectivity index (χ0) is 15.6. The molecule has 2 rings (SSSR count). The highest BCUT2D eigenvalue weighted by atomic mass is 16.3. The molecule has 1 aromatic rings. The molecule has 1 aliphatic heterocycles. The van der Waals surface area contributed by atoms with E-state index in [-0.39, 0.29) is 11.9 Å². The van der Waals surface area contributed by atoms with Crippen LogP contribution < -0.4 is 5.32 Å². The second kappa shape index (κ2) is 6.45. The molecule has 0 aromatic heterocycles. The molecule has 0 spiro atoms. The SMILES string of the molecule is Cc1cc(CN2CCNCC2C(=O)N(C)C)cc(C)c1O. The van der Waals surface area contributed by atoms with E-state index in [9.17, 15) is 9.90 Å². The average molecular weight is 291 g/mol. The summed E-state index contributed by atoms with van der Waals surface area (Å²) in [5.74, 6) is 0.495. The summed E-state index contributed by atoms with van der Waals surface area (Å²) in [6.07, 6.45) is 0. The van der Waals surface area contributed by atoms with Gasteiger partial charge in [0.15, 0.2) is 0 Å². The Balaban J connectivity index is 2.18. The maximum absolute atomic E-state index is 12.3. The second-order valence-corrected chi connectivity index (χ2v) is 6.00. The summed E-state index contributed by atoms with van der Waals surface area (Å²) < 4.78 is 0. The van der Waals surface area contributed by atoms with Gasteiger partial charge in [0.2, 0.25) is 5.91 Å². The minimum atomic E-state index is -0.122. The normalized spacial score (nSPS) is 19.5. The van der Waals surface area contributed by atoms with E-state index in [0.29, 0.717) is 12.3 Å². The highest BCUT2D eigenvalue weighted by molar-refractivity contribution is 5.81. The molecule has 1 amide bonds. The molecule has 1 fully saturated rings. The summed E-state index contributed by atoms with van der Waals surface area (Å²) in [4.78, 5) is 16.2. The number of likely N-dealkylation sites (N-methyl/N-ethyl adjacent to an activating group) is 1. The van der Waals surface area contributed by atoms with Gasteiger partial charge in [-0.15, -0.1) is 0 Å². The number of phenols is 1. The molecular weight excluding hydrogens is 266 g/mol. The molecular formula is C16H25N3O2. The van der Waals surface area contributed by atoms with Crippen LogP contribution in [0.15, 0.2) is 12.1 Å². The van der Waals surface area contributed by atoms with E-state index < -0.39 is 0 Å². The van der Waals surface area contributed by atoms with Crippen molar-refractivity contribution in [1.82, 2.24) is 15.1 Å². The van der Waals surface area contributed by atoms with Gasteiger partial charge in [0, 0.05) is 40.3 Å². The van der Waals surface area contributed by atoms with Crippen molar-refractivity contribution in [3.8, 4) is 5.75 Å². The first-order chi connectivity index (χ1) is 9.90. The van der Waals surface area contributed by atoms with Crippen LogP contribution in [0.1, 0.15) is 16.7 Å². The molecule has 0 bridgehead atoms. The first-order valence-corrected chi connectivity index (χ1v) is 7.35. The van der Waals surface area contributed by atoms with E-state index in [1.54, 1.807) is 19.0 Å². The molecule has 116 valence electrons. The molecule has 2 N–H and O–H groups in total. The molecule has 21 heavy (non-hydrogen) atoms. The summed E-state index contributed by atoms with van der Waals surface area (Å²) in [6, 6.07) is 3.88. The average Bonchev–Trinajstić information content (AvgIpc) is 2.44. The lowest BCUT2D eigenvalue weighted by Crippen LogP contribution is -2.57. The zero-order valence-electron chi connectivity index (χ0n) is 13.3. The smallest absolute Gasteiger partial charge is 0.240 e. The Hall–Kier alpha value is -1.59. The van der Waals surface area contributed by atoms with Crippen LogP contribution in [0.2, 0.25) is 0 Å². The zero-order valence-corrected chi connectivity index (χ0v) is 13.3. The van der Waals surface area contributed by atoms with Crippen molar-refractivity contribution in [2.45, 2.75) is 26.4 Å². The standard InChI is InChI=1S/C16H25N3O2/c1-11-7-13(8-12(2)15(11)20)10-19-6-5-17-9-14(19)16(21)18(3)4/h7-8,14,17,20H,5-6,9-10H2,1-4H3. The van der Waals surface area contributed by atoms with Crippen LogP contribution in [0.4, 0.5) is 0 Å². The summed E-state index contributed by atoms with van der Waals surface area (Å²) >= 11 is 0. The maximum atomic E-state index is 12.3. The van der Waals surface area contributed by atoms with Crippen LogP contribution in [-0.4, -0.2) is 60.6 Å². The largest absolute Gasteiger partial charge is 0.507 e. The predicted octanol–water partition coefficient (Wildman–Crippen LogP) is 0.871. The van der Waals surface area contributed by atoms with Crippen molar-refractivity contribution in [3.05, 3.63) is 28.8 Å². The first kappa shape index (κ1) is 15.8. The van der Waals surface area contributed by atoms with E-state index >= 15 is 0 Å². The number of nitrogens with one attached hydrogen (secondary N) is 1. The summed E-state index contributed by atoms with van der Waals surface area (Å²) in [7, 11) is 3.59. The number of phenolic OH excluding ortho intramolecular Hbond substituents is 1. The summed E-state index contributed by atoms with van der Waals surface area (Å²) in [5.41, 5.74) is 2.91. The van der Waals surface area contributed by atoms with E-state index in [0.717, 1.165) is 36.3 Å². The fourth-order valence-electron chi connectivity index (χ4n) is 2.85. The fraction of sp³-hybridized carbons (Fsp3) is 0.562. The van der Waals surface area contributed by atoms with E-state index in [1.165, 1.54) is 0 Å². The van der Waals surface area contributed by atoms with Gasteiger partial charge in [-0.25, -0.2) is 0 Å². The molecule has 0 aliphatic carbocycles. The van der Waals surface area contributed by atoms with Gasteiger partial charge in [0.25, 0.3) is 0 Å². The van der Waals surface area contributed by atoms with E-state index in [2.05, 4.69) is 10.2 Å². The monoisotopic (exact) mass is 291 g/mol. The van der Waals surface area contributed by atoms with Crippen molar-refractivity contribution >= 4 is 5.91 Å². The molecule has 0 radical (unpaired) electrons. The molecule has 5 nitrogen and oxygen atoms in total. The quantitative estimate of drug-likeness (QED) is 0.868. The lowest BCUT2D eigenvalue weighted by molar-refractivity contribution is -0.135. The van der Waals surface area contributed by atoms with Crippen molar-refractivity contribution in [3.63, 3.8) is 0 Å². The molecule has 1 atom stereocenters. The molecule has 1 heterocycles.